The predicted molar refractivity (Wildman–Crippen MR) is 57.4 cm³/mol. The van der Waals surface area contributed by atoms with Crippen molar-refractivity contribution in [2.45, 2.75) is 6.23 Å². The maximum absolute atomic E-state index is 11.5. The number of urea groups is 1. The summed E-state index contributed by atoms with van der Waals surface area (Å²) in [6, 6.07) is 9.37. The molecule has 0 aliphatic carbocycles. The Morgan fingerprint density at radius 2 is 2.25 bits per heavy atom. The number of nitrogens with zero attached hydrogens (tertiary/aromatic N) is 1. The first-order valence-electron chi connectivity index (χ1n) is 5.10. The zero-order valence-electron chi connectivity index (χ0n) is 9.05. The molecule has 1 aromatic rings. The minimum atomic E-state index is -0.247. The summed E-state index contributed by atoms with van der Waals surface area (Å²) in [6.45, 7) is 0.978. The van der Waals surface area contributed by atoms with Crippen LogP contribution in [0.1, 0.15) is 11.8 Å². The fourth-order valence-corrected chi connectivity index (χ4v) is 1.39. The van der Waals surface area contributed by atoms with E-state index in [1.54, 1.807) is 7.11 Å². The van der Waals surface area contributed by atoms with Crippen molar-refractivity contribution in [3.05, 3.63) is 35.9 Å². The van der Waals surface area contributed by atoms with Crippen LogP contribution in [0, 0.1) is 0 Å². The highest BCUT2D eigenvalue weighted by Crippen LogP contribution is 2.36. The lowest BCUT2D eigenvalue weighted by Gasteiger charge is -2.02. The van der Waals surface area contributed by atoms with Gasteiger partial charge < -0.3 is 10.1 Å². The van der Waals surface area contributed by atoms with Gasteiger partial charge in [0.1, 0.15) is 0 Å². The van der Waals surface area contributed by atoms with Gasteiger partial charge in [0, 0.05) is 19.2 Å². The van der Waals surface area contributed by atoms with Crippen molar-refractivity contribution in [2.75, 3.05) is 20.3 Å². The SMILES string of the molecule is COCCNC(=O)N1OC1c1ccccc1. The van der Waals surface area contributed by atoms with E-state index in [0.29, 0.717) is 13.2 Å². The van der Waals surface area contributed by atoms with Crippen LogP contribution in [0.2, 0.25) is 0 Å². The summed E-state index contributed by atoms with van der Waals surface area (Å²) < 4.78 is 4.83. The number of amides is 2. The van der Waals surface area contributed by atoms with Crippen molar-refractivity contribution in [3.8, 4) is 0 Å². The zero-order valence-corrected chi connectivity index (χ0v) is 9.05. The molecule has 1 aliphatic heterocycles. The molecular weight excluding hydrogens is 208 g/mol. The lowest BCUT2D eigenvalue weighted by atomic mass is 10.2. The molecule has 86 valence electrons. The highest BCUT2D eigenvalue weighted by molar-refractivity contribution is 5.74. The van der Waals surface area contributed by atoms with Crippen LogP contribution in [0.3, 0.4) is 0 Å². The fraction of sp³-hybridized carbons (Fsp3) is 0.364. The number of nitrogens with one attached hydrogen (secondary N) is 1. The Balaban J connectivity index is 1.80. The van der Waals surface area contributed by atoms with Gasteiger partial charge >= 0.3 is 6.03 Å². The number of carbonyl (C=O) groups is 1. The molecule has 1 heterocycles. The van der Waals surface area contributed by atoms with E-state index in [1.807, 2.05) is 30.3 Å². The molecule has 0 aromatic heterocycles. The summed E-state index contributed by atoms with van der Waals surface area (Å²) in [5.41, 5.74) is 0.976. The maximum Gasteiger partial charge on any atom is 0.344 e. The Morgan fingerprint density at radius 1 is 1.50 bits per heavy atom. The summed E-state index contributed by atoms with van der Waals surface area (Å²) in [6.07, 6.45) is -0.247. The van der Waals surface area contributed by atoms with Crippen molar-refractivity contribution >= 4 is 6.03 Å². The number of rotatable bonds is 4. The molecule has 2 amide bonds. The van der Waals surface area contributed by atoms with E-state index in [2.05, 4.69) is 5.32 Å². The van der Waals surface area contributed by atoms with E-state index in [0.717, 1.165) is 5.56 Å². The van der Waals surface area contributed by atoms with Crippen molar-refractivity contribution < 1.29 is 14.4 Å². The molecule has 0 spiro atoms. The molecule has 0 saturated carbocycles. The second kappa shape index (κ2) is 4.96. The van der Waals surface area contributed by atoms with Gasteiger partial charge in [-0.05, 0) is 0 Å². The molecule has 0 radical (unpaired) electrons. The molecule has 5 nitrogen and oxygen atoms in total. The Kier molecular flexibility index (Phi) is 3.38. The summed E-state index contributed by atoms with van der Waals surface area (Å²) in [4.78, 5) is 16.7. The van der Waals surface area contributed by atoms with Crippen LogP contribution in [0.25, 0.3) is 0 Å². The molecule has 1 unspecified atom stereocenters. The molecular formula is C11H14N2O3. The summed E-state index contributed by atoms with van der Waals surface area (Å²) in [5.74, 6) is 0. The zero-order chi connectivity index (χ0) is 11.4. The summed E-state index contributed by atoms with van der Waals surface area (Å²) in [7, 11) is 1.59. The molecule has 5 heteroatoms. The van der Waals surface area contributed by atoms with Crippen LogP contribution < -0.4 is 5.32 Å². The Bertz CT molecular complexity index is 356. The first-order chi connectivity index (χ1) is 7.83. The van der Waals surface area contributed by atoms with Crippen LogP contribution in [-0.4, -0.2) is 31.4 Å². The van der Waals surface area contributed by atoms with Crippen molar-refractivity contribution in [1.82, 2.24) is 10.4 Å². The van der Waals surface area contributed by atoms with Gasteiger partial charge in [0.05, 0.1) is 6.61 Å². The van der Waals surface area contributed by atoms with E-state index in [9.17, 15) is 4.79 Å². The number of benzene rings is 1. The molecule has 1 atom stereocenters. The van der Waals surface area contributed by atoms with Gasteiger partial charge in [0.15, 0.2) is 0 Å². The average Bonchev–Trinajstić information content (AvgIpc) is 3.10. The third kappa shape index (κ3) is 2.50. The van der Waals surface area contributed by atoms with Gasteiger partial charge in [-0.25, -0.2) is 9.63 Å². The second-order valence-corrected chi connectivity index (χ2v) is 3.42. The molecule has 0 bridgehead atoms. The minimum Gasteiger partial charge on any atom is -0.383 e. The van der Waals surface area contributed by atoms with Gasteiger partial charge in [0.25, 0.3) is 0 Å². The standard InChI is InChI=1S/C11H14N2O3/c1-15-8-7-12-11(14)13-10(16-13)9-5-3-2-4-6-9/h2-6,10H,7-8H2,1H3,(H,12,14). The van der Waals surface area contributed by atoms with E-state index < -0.39 is 0 Å². The average molecular weight is 222 g/mol. The van der Waals surface area contributed by atoms with E-state index >= 15 is 0 Å². The van der Waals surface area contributed by atoms with Gasteiger partial charge in [-0.1, -0.05) is 30.3 Å². The second-order valence-electron chi connectivity index (χ2n) is 3.42. The Morgan fingerprint density at radius 3 is 2.94 bits per heavy atom. The van der Waals surface area contributed by atoms with Crippen LogP contribution in [-0.2, 0) is 9.57 Å². The summed E-state index contributed by atoms with van der Waals surface area (Å²) >= 11 is 0. The lowest BCUT2D eigenvalue weighted by molar-refractivity contribution is 0.166. The minimum absolute atomic E-state index is 0.231. The number of hydrogen-bond acceptors (Lipinski definition) is 3. The molecule has 1 fully saturated rings. The van der Waals surface area contributed by atoms with Crippen LogP contribution in [0.15, 0.2) is 30.3 Å². The van der Waals surface area contributed by atoms with Gasteiger partial charge in [-0.15, -0.1) is 0 Å². The Labute approximate surface area is 93.9 Å². The van der Waals surface area contributed by atoms with Crippen molar-refractivity contribution in [1.29, 1.82) is 0 Å². The first-order valence-corrected chi connectivity index (χ1v) is 5.10. The third-order valence-corrected chi connectivity index (χ3v) is 2.25. The molecule has 2 rings (SSSR count). The van der Waals surface area contributed by atoms with E-state index in [1.165, 1.54) is 5.06 Å². The highest BCUT2D eigenvalue weighted by Gasteiger charge is 2.42. The van der Waals surface area contributed by atoms with Gasteiger partial charge in [0.2, 0.25) is 6.23 Å². The van der Waals surface area contributed by atoms with Crippen molar-refractivity contribution in [3.63, 3.8) is 0 Å². The van der Waals surface area contributed by atoms with Gasteiger partial charge in [-0.3, -0.25) is 0 Å². The molecule has 16 heavy (non-hydrogen) atoms. The van der Waals surface area contributed by atoms with Crippen molar-refractivity contribution in [2.24, 2.45) is 0 Å². The maximum atomic E-state index is 11.5. The number of carbonyl (C=O) groups excluding carboxylic acids is 1. The first kappa shape index (κ1) is 10.9. The third-order valence-electron chi connectivity index (χ3n) is 2.25. The number of hydrogen-bond donors (Lipinski definition) is 1. The molecule has 1 aromatic carbocycles. The van der Waals surface area contributed by atoms with Gasteiger partial charge in [-0.2, -0.15) is 5.06 Å². The molecule has 1 aliphatic rings. The largest absolute Gasteiger partial charge is 0.383 e. The quantitative estimate of drug-likeness (QED) is 0.617. The van der Waals surface area contributed by atoms with E-state index in [4.69, 9.17) is 9.57 Å². The monoisotopic (exact) mass is 222 g/mol. The smallest absolute Gasteiger partial charge is 0.344 e. The fourth-order valence-electron chi connectivity index (χ4n) is 1.39. The molecule has 1 N–H and O–H groups in total. The predicted octanol–water partition coefficient (Wildman–Crippen LogP) is 1.29. The van der Waals surface area contributed by atoms with E-state index in [-0.39, 0.29) is 12.3 Å². The normalized spacial score (nSPS) is 18.3. The number of methoxy groups -OCH3 is 1. The Hall–Kier alpha value is -1.59. The highest BCUT2D eigenvalue weighted by atomic mass is 16.8. The van der Waals surface area contributed by atoms with Crippen LogP contribution >= 0.6 is 0 Å². The number of hydroxylamine groups is 2. The number of ether oxygens (including phenoxy) is 1. The molecule has 1 saturated heterocycles. The summed E-state index contributed by atoms with van der Waals surface area (Å²) in [5, 5.41) is 3.99. The topological polar surface area (TPSA) is 53.9 Å². The lowest BCUT2D eigenvalue weighted by Crippen LogP contribution is -2.31. The van der Waals surface area contributed by atoms with Crippen LogP contribution in [0.4, 0.5) is 4.79 Å². The van der Waals surface area contributed by atoms with Crippen LogP contribution in [0.5, 0.6) is 0 Å².